The Labute approximate surface area is 124 Å². The number of hydrogen-bond acceptors (Lipinski definition) is 3. The molecular formula is C15H23BrN2O. The Bertz CT molecular complexity index is 399. The first-order valence-corrected chi connectivity index (χ1v) is 7.76. The van der Waals surface area contributed by atoms with Crippen molar-refractivity contribution < 1.29 is 4.74 Å². The third kappa shape index (κ3) is 4.79. The van der Waals surface area contributed by atoms with Gasteiger partial charge in [-0.15, -0.1) is 0 Å². The minimum atomic E-state index is 0.636. The van der Waals surface area contributed by atoms with Crippen LogP contribution in [0.15, 0.2) is 28.7 Å². The van der Waals surface area contributed by atoms with Gasteiger partial charge < -0.3 is 15.0 Å². The minimum absolute atomic E-state index is 0.636. The lowest BCUT2D eigenvalue weighted by Gasteiger charge is -2.35. The zero-order chi connectivity index (χ0) is 13.7. The van der Waals surface area contributed by atoms with Crippen molar-refractivity contribution in [2.45, 2.75) is 31.8 Å². The molecule has 1 fully saturated rings. The second kappa shape index (κ2) is 7.27. The SMILES string of the molecule is CC1CC(NCCOc2cccc(Br)c2)CCN1C. The number of ether oxygens (including phenoxy) is 1. The monoisotopic (exact) mass is 326 g/mol. The van der Waals surface area contributed by atoms with Gasteiger partial charge in [0.1, 0.15) is 12.4 Å². The van der Waals surface area contributed by atoms with E-state index < -0.39 is 0 Å². The van der Waals surface area contributed by atoms with Crippen LogP contribution in [0, 0.1) is 0 Å². The first-order chi connectivity index (χ1) is 9.15. The predicted octanol–water partition coefficient (Wildman–Crippen LogP) is 2.90. The largest absolute Gasteiger partial charge is 0.492 e. The van der Waals surface area contributed by atoms with Gasteiger partial charge in [0.25, 0.3) is 0 Å². The third-order valence-electron chi connectivity index (χ3n) is 3.81. The Balaban J connectivity index is 1.64. The summed E-state index contributed by atoms with van der Waals surface area (Å²) in [6, 6.07) is 9.30. The molecule has 0 saturated carbocycles. The van der Waals surface area contributed by atoms with Crippen molar-refractivity contribution in [1.29, 1.82) is 0 Å². The summed E-state index contributed by atoms with van der Waals surface area (Å²) in [4.78, 5) is 2.43. The van der Waals surface area contributed by atoms with E-state index >= 15 is 0 Å². The van der Waals surface area contributed by atoms with Crippen LogP contribution in [0.5, 0.6) is 5.75 Å². The smallest absolute Gasteiger partial charge is 0.120 e. The molecule has 0 spiro atoms. The molecule has 106 valence electrons. The van der Waals surface area contributed by atoms with Crippen molar-refractivity contribution >= 4 is 15.9 Å². The highest BCUT2D eigenvalue weighted by Crippen LogP contribution is 2.18. The zero-order valence-electron chi connectivity index (χ0n) is 11.7. The number of halogens is 1. The van der Waals surface area contributed by atoms with E-state index in [0.717, 1.165) is 23.4 Å². The zero-order valence-corrected chi connectivity index (χ0v) is 13.3. The molecular weight excluding hydrogens is 304 g/mol. The first-order valence-electron chi connectivity index (χ1n) is 6.97. The molecule has 3 nitrogen and oxygen atoms in total. The summed E-state index contributed by atoms with van der Waals surface area (Å²) in [7, 11) is 2.21. The summed E-state index contributed by atoms with van der Waals surface area (Å²) < 4.78 is 6.78. The van der Waals surface area contributed by atoms with E-state index in [1.807, 2.05) is 24.3 Å². The number of nitrogens with one attached hydrogen (secondary N) is 1. The Morgan fingerprint density at radius 3 is 3.05 bits per heavy atom. The van der Waals surface area contributed by atoms with Crippen LogP contribution in [0.25, 0.3) is 0 Å². The number of likely N-dealkylation sites (tertiary alicyclic amines) is 1. The summed E-state index contributed by atoms with van der Waals surface area (Å²) in [6.07, 6.45) is 2.46. The van der Waals surface area contributed by atoms with Crippen molar-refractivity contribution in [1.82, 2.24) is 10.2 Å². The van der Waals surface area contributed by atoms with Crippen molar-refractivity contribution in [3.05, 3.63) is 28.7 Å². The van der Waals surface area contributed by atoms with Crippen LogP contribution in [0.3, 0.4) is 0 Å². The summed E-state index contributed by atoms with van der Waals surface area (Å²) in [5.41, 5.74) is 0. The van der Waals surface area contributed by atoms with Crippen LogP contribution < -0.4 is 10.1 Å². The number of nitrogens with zero attached hydrogens (tertiary/aromatic N) is 1. The summed E-state index contributed by atoms with van der Waals surface area (Å²) in [5.74, 6) is 0.924. The van der Waals surface area contributed by atoms with Gasteiger partial charge in [-0.2, -0.15) is 0 Å². The molecule has 0 radical (unpaired) electrons. The fraction of sp³-hybridized carbons (Fsp3) is 0.600. The highest BCUT2D eigenvalue weighted by molar-refractivity contribution is 9.10. The van der Waals surface area contributed by atoms with E-state index in [9.17, 15) is 0 Å². The van der Waals surface area contributed by atoms with Crippen LogP contribution in [-0.2, 0) is 0 Å². The summed E-state index contributed by atoms with van der Waals surface area (Å²) in [5, 5.41) is 3.59. The van der Waals surface area contributed by atoms with Crippen LogP contribution in [0.2, 0.25) is 0 Å². The molecule has 0 aromatic heterocycles. The molecule has 1 saturated heterocycles. The molecule has 0 amide bonds. The molecule has 1 aromatic rings. The number of hydrogen-bond donors (Lipinski definition) is 1. The Morgan fingerprint density at radius 2 is 2.32 bits per heavy atom. The molecule has 19 heavy (non-hydrogen) atoms. The quantitative estimate of drug-likeness (QED) is 0.842. The number of rotatable bonds is 5. The third-order valence-corrected chi connectivity index (χ3v) is 4.30. The molecule has 2 unspecified atom stereocenters. The van der Waals surface area contributed by atoms with Gasteiger partial charge in [0, 0.05) is 23.1 Å². The average molecular weight is 327 g/mol. The van der Waals surface area contributed by atoms with E-state index in [1.54, 1.807) is 0 Å². The second-order valence-corrected chi connectivity index (χ2v) is 6.23. The fourth-order valence-corrected chi connectivity index (χ4v) is 2.84. The van der Waals surface area contributed by atoms with Gasteiger partial charge in [-0.25, -0.2) is 0 Å². The van der Waals surface area contributed by atoms with Crippen LogP contribution in [0.4, 0.5) is 0 Å². The van der Waals surface area contributed by atoms with Crippen molar-refractivity contribution in [2.24, 2.45) is 0 Å². The van der Waals surface area contributed by atoms with Gasteiger partial charge in [0.05, 0.1) is 0 Å². The Hall–Kier alpha value is -0.580. The van der Waals surface area contributed by atoms with Crippen LogP contribution >= 0.6 is 15.9 Å². The van der Waals surface area contributed by atoms with E-state index in [4.69, 9.17) is 4.74 Å². The second-order valence-electron chi connectivity index (χ2n) is 5.31. The molecule has 1 aliphatic heterocycles. The lowest BCUT2D eigenvalue weighted by molar-refractivity contribution is 0.165. The molecule has 1 aromatic carbocycles. The van der Waals surface area contributed by atoms with E-state index in [1.165, 1.54) is 19.4 Å². The molecule has 2 rings (SSSR count). The molecule has 0 bridgehead atoms. The van der Waals surface area contributed by atoms with Gasteiger partial charge >= 0.3 is 0 Å². The highest BCUT2D eigenvalue weighted by atomic mass is 79.9. The number of benzene rings is 1. The van der Waals surface area contributed by atoms with Crippen LogP contribution in [-0.4, -0.2) is 43.7 Å². The van der Waals surface area contributed by atoms with E-state index in [-0.39, 0.29) is 0 Å². The van der Waals surface area contributed by atoms with Crippen molar-refractivity contribution in [3.63, 3.8) is 0 Å². The predicted molar refractivity (Wildman–Crippen MR) is 82.8 cm³/mol. The lowest BCUT2D eigenvalue weighted by Crippen LogP contribution is -2.46. The Morgan fingerprint density at radius 1 is 1.47 bits per heavy atom. The van der Waals surface area contributed by atoms with Gasteiger partial charge in [-0.05, 0) is 51.6 Å². The minimum Gasteiger partial charge on any atom is -0.492 e. The van der Waals surface area contributed by atoms with E-state index in [0.29, 0.717) is 12.1 Å². The number of piperidine rings is 1. The maximum Gasteiger partial charge on any atom is 0.120 e. The van der Waals surface area contributed by atoms with Gasteiger partial charge in [0.2, 0.25) is 0 Å². The summed E-state index contributed by atoms with van der Waals surface area (Å²) >= 11 is 3.45. The maximum absolute atomic E-state index is 5.72. The van der Waals surface area contributed by atoms with Gasteiger partial charge in [-0.1, -0.05) is 22.0 Å². The average Bonchev–Trinajstić information content (AvgIpc) is 2.39. The lowest BCUT2D eigenvalue weighted by atomic mass is 9.99. The van der Waals surface area contributed by atoms with Gasteiger partial charge in [-0.3, -0.25) is 0 Å². The molecule has 1 N–H and O–H groups in total. The van der Waals surface area contributed by atoms with E-state index in [2.05, 4.69) is 40.1 Å². The molecule has 4 heteroatoms. The van der Waals surface area contributed by atoms with Crippen LogP contribution in [0.1, 0.15) is 19.8 Å². The highest BCUT2D eigenvalue weighted by Gasteiger charge is 2.21. The van der Waals surface area contributed by atoms with Crippen molar-refractivity contribution in [2.75, 3.05) is 26.7 Å². The van der Waals surface area contributed by atoms with Crippen molar-refractivity contribution in [3.8, 4) is 5.75 Å². The molecule has 1 aliphatic rings. The molecule has 2 atom stereocenters. The first kappa shape index (κ1) is 14.8. The Kier molecular flexibility index (Phi) is 5.67. The summed E-state index contributed by atoms with van der Waals surface area (Å²) in [6.45, 7) is 5.11. The normalized spacial score (nSPS) is 24.4. The maximum atomic E-state index is 5.72. The fourth-order valence-electron chi connectivity index (χ4n) is 2.46. The molecule has 1 heterocycles. The molecule has 0 aliphatic carbocycles. The van der Waals surface area contributed by atoms with Gasteiger partial charge in [0.15, 0.2) is 0 Å². The topological polar surface area (TPSA) is 24.5 Å². The standard InChI is InChI=1S/C15H23BrN2O/c1-12-10-14(6-8-18(12)2)17-7-9-19-15-5-3-4-13(16)11-15/h3-5,11-12,14,17H,6-10H2,1-2H3.